The third-order valence-corrected chi connectivity index (χ3v) is 3.20. The minimum absolute atomic E-state index is 0.0708. The number of rotatable bonds is 3. The summed E-state index contributed by atoms with van der Waals surface area (Å²) in [4.78, 5) is 14.1. The van der Waals surface area contributed by atoms with Crippen LogP contribution in [0.3, 0.4) is 0 Å². The maximum Gasteiger partial charge on any atom is 0.276 e. The highest BCUT2D eigenvalue weighted by Gasteiger charge is 2.23. The van der Waals surface area contributed by atoms with Crippen molar-refractivity contribution in [3.05, 3.63) is 23.0 Å². The molecule has 1 aromatic heterocycles. The van der Waals surface area contributed by atoms with Crippen LogP contribution in [0, 0.1) is 0 Å². The Morgan fingerprint density at radius 3 is 3.06 bits per heavy atom. The van der Waals surface area contributed by atoms with Crippen molar-refractivity contribution >= 4 is 11.6 Å². The average Bonchev–Trinajstić information content (AvgIpc) is 2.71. The van der Waals surface area contributed by atoms with Crippen LogP contribution in [-0.4, -0.2) is 34.1 Å². The van der Waals surface area contributed by atoms with Gasteiger partial charge in [-0.2, -0.15) is 5.10 Å². The number of nitrogens with one attached hydrogen (secondary N) is 1. The van der Waals surface area contributed by atoms with E-state index in [-0.39, 0.29) is 5.91 Å². The van der Waals surface area contributed by atoms with Crippen LogP contribution in [0.1, 0.15) is 42.9 Å². The number of nitrogens with zero attached hydrogens (tertiary/aromatic N) is 2. The molecule has 0 aromatic carbocycles. The first-order valence-corrected chi connectivity index (χ1v) is 6.41. The zero-order chi connectivity index (χ0) is 13.1. The number of amides is 1. The highest BCUT2D eigenvalue weighted by atomic mass is 16.2. The molecule has 5 nitrogen and oxygen atoms in total. The van der Waals surface area contributed by atoms with Crippen molar-refractivity contribution in [1.82, 2.24) is 15.1 Å². The summed E-state index contributed by atoms with van der Waals surface area (Å²) >= 11 is 0. The zero-order valence-corrected chi connectivity index (χ0v) is 11.0. The zero-order valence-electron chi connectivity index (χ0n) is 11.0. The summed E-state index contributed by atoms with van der Waals surface area (Å²) in [7, 11) is 0. The third-order valence-electron chi connectivity index (χ3n) is 3.20. The lowest BCUT2D eigenvalue weighted by Crippen LogP contribution is -2.36. The van der Waals surface area contributed by atoms with E-state index in [0.29, 0.717) is 17.9 Å². The Morgan fingerprint density at radius 1 is 1.61 bits per heavy atom. The van der Waals surface area contributed by atoms with Crippen LogP contribution in [0.15, 0.2) is 11.6 Å². The van der Waals surface area contributed by atoms with Gasteiger partial charge in [0.25, 0.3) is 5.91 Å². The molecule has 0 spiro atoms. The van der Waals surface area contributed by atoms with Crippen LogP contribution in [-0.2, 0) is 6.42 Å². The molecule has 18 heavy (non-hydrogen) atoms. The fourth-order valence-corrected chi connectivity index (χ4v) is 2.22. The van der Waals surface area contributed by atoms with Gasteiger partial charge in [-0.25, -0.2) is 0 Å². The fourth-order valence-electron chi connectivity index (χ4n) is 2.22. The average molecular weight is 248 g/mol. The smallest absolute Gasteiger partial charge is 0.276 e. The molecule has 2 heterocycles. The Bertz CT molecular complexity index is 475. The molecule has 0 unspecified atom stereocenters. The number of anilines is 1. The first-order valence-electron chi connectivity index (χ1n) is 6.41. The summed E-state index contributed by atoms with van der Waals surface area (Å²) in [5.74, 6) is -0.0708. The number of hydrogen-bond acceptors (Lipinski definition) is 3. The van der Waals surface area contributed by atoms with Gasteiger partial charge in [0.2, 0.25) is 0 Å². The van der Waals surface area contributed by atoms with Crippen LogP contribution >= 0.6 is 0 Å². The lowest BCUT2D eigenvalue weighted by Gasteiger charge is -2.25. The van der Waals surface area contributed by atoms with Crippen molar-refractivity contribution in [3.63, 3.8) is 0 Å². The van der Waals surface area contributed by atoms with Crippen molar-refractivity contribution in [1.29, 1.82) is 0 Å². The molecule has 1 aliphatic heterocycles. The topological polar surface area (TPSA) is 75.0 Å². The molecule has 5 heteroatoms. The normalized spacial score (nSPS) is 15.7. The number of H-pyrrole nitrogens is 1. The Balaban J connectivity index is 2.16. The molecular weight excluding hydrogens is 228 g/mol. The monoisotopic (exact) mass is 248 g/mol. The van der Waals surface area contributed by atoms with Gasteiger partial charge < -0.3 is 10.6 Å². The van der Waals surface area contributed by atoms with Crippen LogP contribution < -0.4 is 5.73 Å². The summed E-state index contributed by atoms with van der Waals surface area (Å²) in [6.07, 6.45) is 4.88. The Kier molecular flexibility index (Phi) is 3.69. The molecular formula is C13H20N4O. The van der Waals surface area contributed by atoms with E-state index in [1.807, 2.05) is 6.92 Å². The van der Waals surface area contributed by atoms with Crippen molar-refractivity contribution in [2.45, 2.75) is 33.1 Å². The van der Waals surface area contributed by atoms with Gasteiger partial charge in [-0.15, -0.1) is 0 Å². The lowest BCUT2D eigenvalue weighted by molar-refractivity contribution is 0.0761. The minimum atomic E-state index is -0.0708. The number of nitrogens with two attached hydrogens (primary N) is 1. The lowest BCUT2D eigenvalue weighted by atomic mass is 10.1. The highest BCUT2D eigenvalue weighted by Crippen LogP contribution is 2.19. The highest BCUT2D eigenvalue weighted by molar-refractivity contribution is 5.97. The third kappa shape index (κ3) is 2.39. The molecule has 0 fully saturated rings. The Labute approximate surface area is 107 Å². The van der Waals surface area contributed by atoms with E-state index in [0.717, 1.165) is 31.5 Å². The number of aromatic amines is 1. The predicted octanol–water partition coefficient (Wildman–Crippen LogP) is 1.74. The first-order chi connectivity index (χ1) is 8.63. The van der Waals surface area contributed by atoms with Crippen LogP contribution in [0.2, 0.25) is 0 Å². The molecule has 3 N–H and O–H groups in total. The van der Waals surface area contributed by atoms with Gasteiger partial charge in [-0.1, -0.05) is 25.0 Å². The number of carbonyl (C=O) groups is 1. The molecule has 1 aliphatic rings. The molecule has 0 bridgehead atoms. The van der Waals surface area contributed by atoms with E-state index in [9.17, 15) is 4.79 Å². The van der Waals surface area contributed by atoms with Gasteiger partial charge in [-0.05, 0) is 19.8 Å². The summed E-state index contributed by atoms with van der Waals surface area (Å²) < 4.78 is 0. The molecule has 1 aromatic rings. The predicted molar refractivity (Wildman–Crippen MR) is 71.3 cm³/mol. The number of aryl methyl sites for hydroxylation is 1. The van der Waals surface area contributed by atoms with Gasteiger partial charge in [0.1, 0.15) is 0 Å². The Morgan fingerprint density at radius 2 is 2.39 bits per heavy atom. The van der Waals surface area contributed by atoms with Crippen molar-refractivity contribution < 1.29 is 4.79 Å². The first kappa shape index (κ1) is 12.7. The molecule has 0 aliphatic carbocycles. The van der Waals surface area contributed by atoms with E-state index in [4.69, 9.17) is 5.73 Å². The SMILES string of the molecule is CCCc1[nH]nc(C(=O)N2CCC=C(C)C2)c1N. The Hall–Kier alpha value is -1.78. The van der Waals surface area contributed by atoms with E-state index < -0.39 is 0 Å². The van der Waals surface area contributed by atoms with Crippen LogP contribution in [0.5, 0.6) is 0 Å². The summed E-state index contributed by atoms with van der Waals surface area (Å²) in [6, 6.07) is 0. The molecule has 0 radical (unpaired) electrons. The molecule has 0 saturated heterocycles. The fraction of sp³-hybridized carbons (Fsp3) is 0.538. The molecule has 2 rings (SSSR count). The van der Waals surface area contributed by atoms with Crippen LogP contribution in [0.25, 0.3) is 0 Å². The summed E-state index contributed by atoms with van der Waals surface area (Å²) in [6.45, 7) is 5.52. The van der Waals surface area contributed by atoms with Crippen molar-refractivity contribution in [3.8, 4) is 0 Å². The largest absolute Gasteiger partial charge is 0.395 e. The van der Waals surface area contributed by atoms with Gasteiger partial charge in [0.15, 0.2) is 5.69 Å². The van der Waals surface area contributed by atoms with Gasteiger partial charge in [0, 0.05) is 13.1 Å². The van der Waals surface area contributed by atoms with E-state index >= 15 is 0 Å². The number of aromatic nitrogens is 2. The summed E-state index contributed by atoms with van der Waals surface area (Å²) in [5.41, 5.74) is 8.94. The maximum absolute atomic E-state index is 12.3. The van der Waals surface area contributed by atoms with Gasteiger partial charge in [-0.3, -0.25) is 9.89 Å². The quantitative estimate of drug-likeness (QED) is 0.800. The van der Waals surface area contributed by atoms with E-state index in [1.54, 1.807) is 4.90 Å². The maximum atomic E-state index is 12.3. The minimum Gasteiger partial charge on any atom is -0.395 e. The molecule has 1 amide bonds. The van der Waals surface area contributed by atoms with Crippen molar-refractivity contribution in [2.24, 2.45) is 0 Å². The molecule has 98 valence electrons. The van der Waals surface area contributed by atoms with Crippen LogP contribution in [0.4, 0.5) is 5.69 Å². The standard InChI is InChI=1S/C13H20N4O/c1-3-5-10-11(14)12(16-15-10)13(18)17-7-4-6-9(2)8-17/h6H,3-5,7-8,14H2,1-2H3,(H,15,16). The number of nitrogen functional groups attached to an aromatic ring is 1. The van der Waals surface area contributed by atoms with E-state index in [2.05, 4.69) is 23.2 Å². The number of hydrogen-bond donors (Lipinski definition) is 2. The van der Waals surface area contributed by atoms with Crippen molar-refractivity contribution in [2.75, 3.05) is 18.8 Å². The summed E-state index contributed by atoms with van der Waals surface area (Å²) in [5, 5.41) is 6.94. The second-order valence-corrected chi connectivity index (χ2v) is 4.78. The van der Waals surface area contributed by atoms with E-state index in [1.165, 1.54) is 5.57 Å². The van der Waals surface area contributed by atoms with Gasteiger partial charge in [0.05, 0.1) is 11.4 Å². The van der Waals surface area contributed by atoms with Gasteiger partial charge >= 0.3 is 0 Å². The number of carbonyl (C=O) groups excluding carboxylic acids is 1. The molecule has 0 atom stereocenters. The second kappa shape index (κ2) is 5.25. The molecule has 0 saturated carbocycles. The second-order valence-electron chi connectivity index (χ2n) is 4.78.